The molecule has 0 unspecified atom stereocenters. The molecule has 1 heterocycles. The molecule has 1 aromatic heterocycles. The van der Waals surface area contributed by atoms with Crippen LogP contribution in [-0.4, -0.2) is 15.8 Å². The Kier molecular flexibility index (Phi) is 4.81. The second-order valence-electron chi connectivity index (χ2n) is 5.44. The normalized spacial score (nSPS) is 15.6. The van der Waals surface area contributed by atoms with E-state index in [1.54, 1.807) is 0 Å². The van der Waals surface area contributed by atoms with Gasteiger partial charge in [-0.3, -0.25) is 4.68 Å². The van der Waals surface area contributed by atoms with Crippen LogP contribution in [0.15, 0.2) is 6.20 Å². The molecule has 102 valence electrons. The number of aromatic nitrogens is 2. The van der Waals surface area contributed by atoms with Gasteiger partial charge in [0.15, 0.2) is 0 Å². The highest BCUT2D eigenvalue weighted by molar-refractivity contribution is 5.19. The average Bonchev–Trinajstić information content (AvgIpc) is 3.13. The Bertz CT molecular complexity index is 362. The zero-order valence-corrected chi connectivity index (χ0v) is 12.1. The molecular weight excluding hydrogens is 222 g/mol. The summed E-state index contributed by atoms with van der Waals surface area (Å²) in [4.78, 5) is 0. The summed E-state index contributed by atoms with van der Waals surface area (Å²) in [6, 6.07) is 1.34. The van der Waals surface area contributed by atoms with Crippen molar-refractivity contribution < 1.29 is 0 Å². The molecule has 0 amide bonds. The fraction of sp³-hybridized carbons (Fsp3) is 0.800. The van der Waals surface area contributed by atoms with E-state index in [2.05, 4.69) is 42.1 Å². The van der Waals surface area contributed by atoms with Crippen molar-refractivity contribution in [1.82, 2.24) is 15.1 Å². The maximum Gasteiger partial charge on any atom is 0.0537 e. The van der Waals surface area contributed by atoms with Crippen molar-refractivity contribution in [3.8, 4) is 0 Å². The average molecular weight is 249 g/mol. The highest BCUT2D eigenvalue weighted by Gasteiger charge is 2.22. The molecule has 3 nitrogen and oxygen atoms in total. The summed E-state index contributed by atoms with van der Waals surface area (Å²) in [5.41, 5.74) is 2.87. The van der Waals surface area contributed by atoms with Gasteiger partial charge in [0, 0.05) is 23.8 Å². The van der Waals surface area contributed by atoms with Crippen LogP contribution in [-0.2, 0) is 13.0 Å². The molecule has 0 aliphatic heterocycles. The van der Waals surface area contributed by atoms with Crippen molar-refractivity contribution in [2.75, 3.05) is 0 Å². The van der Waals surface area contributed by atoms with Crippen LogP contribution < -0.4 is 5.32 Å². The van der Waals surface area contributed by atoms with Gasteiger partial charge in [0.1, 0.15) is 0 Å². The maximum atomic E-state index is 4.65. The van der Waals surface area contributed by atoms with Crippen molar-refractivity contribution in [2.24, 2.45) is 0 Å². The summed E-state index contributed by atoms with van der Waals surface area (Å²) < 4.78 is 2.29. The van der Waals surface area contributed by atoms with Gasteiger partial charge in [-0.05, 0) is 32.1 Å². The lowest BCUT2D eigenvalue weighted by molar-refractivity contribution is 0.412. The first-order valence-electron chi connectivity index (χ1n) is 7.58. The molecule has 1 aromatic rings. The number of nitrogens with zero attached hydrogens (tertiary/aromatic N) is 2. The monoisotopic (exact) mass is 249 g/mol. The summed E-state index contributed by atoms with van der Waals surface area (Å²) in [6.45, 7) is 7.77. The molecule has 0 spiro atoms. The number of nitrogens with one attached hydrogen (secondary N) is 1. The highest BCUT2D eigenvalue weighted by Crippen LogP contribution is 2.23. The van der Waals surface area contributed by atoms with Crippen molar-refractivity contribution >= 4 is 0 Å². The Hall–Kier alpha value is -0.830. The predicted molar refractivity (Wildman–Crippen MR) is 75.7 cm³/mol. The fourth-order valence-corrected chi connectivity index (χ4v) is 2.57. The molecule has 0 aromatic carbocycles. The van der Waals surface area contributed by atoms with Crippen LogP contribution in [0.5, 0.6) is 0 Å². The van der Waals surface area contributed by atoms with Crippen LogP contribution in [0.1, 0.15) is 70.2 Å². The van der Waals surface area contributed by atoms with Crippen molar-refractivity contribution in [2.45, 2.75) is 77.9 Å². The summed E-state index contributed by atoms with van der Waals surface area (Å²) in [6.07, 6.45) is 9.47. The van der Waals surface area contributed by atoms with Gasteiger partial charge in [-0.2, -0.15) is 5.10 Å². The molecule has 1 aliphatic rings. The number of rotatable bonds is 8. The van der Waals surface area contributed by atoms with Gasteiger partial charge >= 0.3 is 0 Å². The third-order valence-electron chi connectivity index (χ3n) is 3.92. The SMILES string of the molecule is CCCc1c(CNC2CC2)cnn1C(CC)CC. The van der Waals surface area contributed by atoms with E-state index < -0.39 is 0 Å². The van der Waals surface area contributed by atoms with E-state index in [0.717, 1.165) is 19.0 Å². The van der Waals surface area contributed by atoms with Crippen LogP contribution in [0.4, 0.5) is 0 Å². The zero-order chi connectivity index (χ0) is 13.0. The van der Waals surface area contributed by atoms with Crippen molar-refractivity contribution in [3.05, 3.63) is 17.5 Å². The van der Waals surface area contributed by atoms with Gasteiger partial charge in [0.2, 0.25) is 0 Å². The van der Waals surface area contributed by atoms with Gasteiger partial charge in [0.25, 0.3) is 0 Å². The molecule has 0 bridgehead atoms. The van der Waals surface area contributed by atoms with Gasteiger partial charge in [0.05, 0.1) is 12.2 Å². The van der Waals surface area contributed by atoms with Gasteiger partial charge in [-0.1, -0.05) is 27.2 Å². The minimum Gasteiger partial charge on any atom is -0.310 e. The molecule has 18 heavy (non-hydrogen) atoms. The molecule has 1 saturated carbocycles. The minimum absolute atomic E-state index is 0.571. The summed E-state index contributed by atoms with van der Waals surface area (Å²) in [5, 5.41) is 8.26. The first-order valence-corrected chi connectivity index (χ1v) is 7.58. The first kappa shape index (κ1) is 13.6. The Morgan fingerprint density at radius 1 is 1.33 bits per heavy atom. The molecule has 0 radical (unpaired) electrons. The molecule has 2 rings (SSSR count). The lowest BCUT2D eigenvalue weighted by atomic mass is 10.1. The quantitative estimate of drug-likeness (QED) is 0.764. The number of hydrogen-bond donors (Lipinski definition) is 1. The topological polar surface area (TPSA) is 29.9 Å². The Balaban J connectivity index is 2.11. The molecular formula is C15H27N3. The lowest BCUT2D eigenvalue weighted by Crippen LogP contribution is -2.18. The van der Waals surface area contributed by atoms with Crippen LogP contribution in [0.25, 0.3) is 0 Å². The molecule has 0 atom stereocenters. The molecule has 1 fully saturated rings. The standard InChI is InChI=1S/C15H27N3/c1-4-7-15-12(10-16-13-8-9-13)11-17-18(15)14(5-2)6-3/h11,13-14,16H,4-10H2,1-3H3. The third kappa shape index (κ3) is 3.14. The van der Waals surface area contributed by atoms with E-state index in [1.807, 2.05) is 0 Å². The predicted octanol–water partition coefficient (Wildman–Crippen LogP) is 3.45. The Labute approximate surface area is 111 Å². The van der Waals surface area contributed by atoms with Gasteiger partial charge < -0.3 is 5.32 Å². The summed E-state index contributed by atoms with van der Waals surface area (Å²) >= 11 is 0. The van der Waals surface area contributed by atoms with E-state index in [9.17, 15) is 0 Å². The van der Waals surface area contributed by atoms with E-state index in [4.69, 9.17) is 0 Å². The van der Waals surface area contributed by atoms with Gasteiger partial charge in [-0.25, -0.2) is 0 Å². The summed E-state index contributed by atoms with van der Waals surface area (Å²) in [7, 11) is 0. The van der Waals surface area contributed by atoms with Crippen molar-refractivity contribution in [3.63, 3.8) is 0 Å². The number of hydrogen-bond acceptors (Lipinski definition) is 2. The minimum atomic E-state index is 0.571. The lowest BCUT2D eigenvalue weighted by Gasteiger charge is -2.17. The van der Waals surface area contributed by atoms with Crippen molar-refractivity contribution in [1.29, 1.82) is 0 Å². The Morgan fingerprint density at radius 3 is 2.61 bits per heavy atom. The van der Waals surface area contributed by atoms with E-state index >= 15 is 0 Å². The summed E-state index contributed by atoms with van der Waals surface area (Å²) in [5.74, 6) is 0. The molecule has 1 N–H and O–H groups in total. The zero-order valence-electron chi connectivity index (χ0n) is 12.1. The molecule has 0 saturated heterocycles. The molecule has 1 aliphatic carbocycles. The Morgan fingerprint density at radius 2 is 2.06 bits per heavy atom. The van der Waals surface area contributed by atoms with Crippen LogP contribution in [0.3, 0.4) is 0 Å². The van der Waals surface area contributed by atoms with Crippen LogP contribution in [0, 0.1) is 0 Å². The fourth-order valence-electron chi connectivity index (χ4n) is 2.57. The van der Waals surface area contributed by atoms with Crippen LogP contribution >= 0.6 is 0 Å². The largest absolute Gasteiger partial charge is 0.310 e. The second-order valence-corrected chi connectivity index (χ2v) is 5.44. The third-order valence-corrected chi connectivity index (χ3v) is 3.92. The highest BCUT2D eigenvalue weighted by atomic mass is 15.3. The first-order chi connectivity index (χ1) is 8.80. The van der Waals surface area contributed by atoms with Gasteiger partial charge in [-0.15, -0.1) is 0 Å². The van der Waals surface area contributed by atoms with Crippen LogP contribution in [0.2, 0.25) is 0 Å². The van der Waals surface area contributed by atoms with E-state index in [-0.39, 0.29) is 0 Å². The molecule has 3 heteroatoms. The van der Waals surface area contributed by atoms with E-state index in [0.29, 0.717) is 6.04 Å². The smallest absolute Gasteiger partial charge is 0.0537 e. The second kappa shape index (κ2) is 6.37. The maximum absolute atomic E-state index is 4.65. The van der Waals surface area contributed by atoms with E-state index in [1.165, 1.54) is 43.4 Å².